The van der Waals surface area contributed by atoms with Crippen molar-refractivity contribution in [1.82, 2.24) is 9.97 Å². The second kappa shape index (κ2) is 4.99. The zero-order valence-corrected chi connectivity index (χ0v) is 13.6. The zero-order chi connectivity index (χ0) is 15.2. The van der Waals surface area contributed by atoms with E-state index in [0.717, 1.165) is 41.4 Å². The molecule has 0 N–H and O–H groups in total. The fourth-order valence-electron chi connectivity index (χ4n) is 2.44. The minimum Gasteiger partial charge on any atom is -0.493 e. The van der Waals surface area contributed by atoms with Crippen molar-refractivity contribution < 1.29 is 4.74 Å². The first-order valence-electron chi connectivity index (χ1n) is 7.17. The van der Waals surface area contributed by atoms with Crippen molar-refractivity contribution in [2.45, 2.75) is 39.5 Å². The summed E-state index contributed by atoms with van der Waals surface area (Å²) in [5, 5.41) is 0.529. The summed E-state index contributed by atoms with van der Waals surface area (Å²) in [6.45, 7) is 9.00. The van der Waals surface area contributed by atoms with E-state index in [1.54, 1.807) is 0 Å². The van der Waals surface area contributed by atoms with E-state index in [9.17, 15) is 0 Å². The van der Waals surface area contributed by atoms with E-state index in [1.807, 2.05) is 19.1 Å². The Balaban J connectivity index is 2.15. The van der Waals surface area contributed by atoms with Gasteiger partial charge >= 0.3 is 0 Å². The summed E-state index contributed by atoms with van der Waals surface area (Å²) in [6.07, 6.45) is 0.952. The van der Waals surface area contributed by atoms with Crippen molar-refractivity contribution in [3.63, 3.8) is 0 Å². The summed E-state index contributed by atoms with van der Waals surface area (Å²) < 4.78 is 5.56. The highest BCUT2D eigenvalue weighted by Gasteiger charge is 2.22. The summed E-state index contributed by atoms with van der Waals surface area (Å²) in [4.78, 5) is 9.20. The second-order valence-electron chi connectivity index (χ2n) is 6.48. The molecule has 0 amide bonds. The average molecular weight is 303 g/mol. The van der Waals surface area contributed by atoms with Gasteiger partial charge in [0, 0.05) is 23.0 Å². The van der Waals surface area contributed by atoms with Gasteiger partial charge in [-0.1, -0.05) is 32.4 Å². The quantitative estimate of drug-likeness (QED) is 0.735. The van der Waals surface area contributed by atoms with Gasteiger partial charge in [-0.15, -0.1) is 0 Å². The minimum absolute atomic E-state index is 0.133. The normalized spacial score (nSPS) is 14.0. The lowest BCUT2D eigenvalue weighted by Gasteiger charge is -2.19. The largest absolute Gasteiger partial charge is 0.493 e. The smallest absolute Gasteiger partial charge is 0.136 e. The highest BCUT2D eigenvalue weighted by atomic mass is 35.5. The highest BCUT2D eigenvalue weighted by Crippen LogP contribution is 2.33. The van der Waals surface area contributed by atoms with E-state index in [4.69, 9.17) is 21.3 Å². The van der Waals surface area contributed by atoms with Crippen LogP contribution in [0, 0.1) is 6.92 Å². The molecule has 3 nitrogen and oxygen atoms in total. The summed E-state index contributed by atoms with van der Waals surface area (Å²) >= 11 is 6.32. The molecule has 0 bridgehead atoms. The van der Waals surface area contributed by atoms with Crippen molar-refractivity contribution in [3.05, 3.63) is 40.3 Å². The van der Waals surface area contributed by atoms with Crippen molar-refractivity contribution >= 4 is 11.6 Å². The van der Waals surface area contributed by atoms with Crippen LogP contribution in [0.2, 0.25) is 5.15 Å². The monoisotopic (exact) mass is 302 g/mol. The molecule has 1 aromatic carbocycles. The topological polar surface area (TPSA) is 35.0 Å². The first-order valence-corrected chi connectivity index (χ1v) is 7.55. The highest BCUT2D eigenvalue weighted by molar-refractivity contribution is 6.30. The Bertz CT molecular complexity index is 705. The van der Waals surface area contributed by atoms with Crippen LogP contribution in [0.4, 0.5) is 0 Å². The molecular weight excluding hydrogens is 284 g/mol. The second-order valence-corrected chi connectivity index (χ2v) is 6.84. The molecule has 2 aromatic rings. The molecule has 0 unspecified atom stereocenters. The first kappa shape index (κ1) is 14.3. The lowest BCUT2D eigenvalue weighted by Crippen LogP contribution is -2.17. The maximum Gasteiger partial charge on any atom is 0.136 e. The number of aromatic nitrogens is 2. The van der Waals surface area contributed by atoms with Gasteiger partial charge in [-0.25, -0.2) is 9.97 Å². The molecule has 110 valence electrons. The molecule has 0 atom stereocenters. The van der Waals surface area contributed by atoms with Crippen LogP contribution in [-0.2, 0) is 11.8 Å². The summed E-state index contributed by atoms with van der Waals surface area (Å²) in [5.74, 6) is 1.75. The van der Waals surface area contributed by atoms with Crippen molar-refractivity contribution in [3.8, 4) is 17.0 Å². The van der Waals surface area contributed by atoms with Crippen molar-refractivity contribution in [1.29, 1.82) is 0 Å². The van der Waals surface area contributed by atoms with E-state index in [0.29, 0.717) is 5.15 Å². The molecule has 3 rings (SSSR count). The lowest BCUT2D eigenvalue weighted by molar-refractivity contribution is 0.357. The standard InChI is InChI=1S/C17H19ClN2O/c1-10-14(19-16(17(2,3)4)20-15(10)18)12-5-6-13-11(9-12)7-8-21-13/h5-6,9H,7-8H2,1-4H3. The maximum atomic E-state index is 6.32. The number of benzene rings is 1. The number of halogens is 1. The molecule has 1 aromatic heterocycles. The molecule has 1 aliphatic rings. The Hall–Kier alpha value is -1.61. The van der Waals surface area contributed by atoms with Crippen molar-refractivity contribution in [2.24, 2.45) is 0 Å². The molecule has 21 heavy (non-hydrogen) atoms. The van der Waals surface area contributed by atoms with E-state index < -0.39 is 0 Å². The van der Waals surface area contributed by atoms with Crippen LogP contribution >= 0.6 is 11.6 Å². The fourth-order valence-corrected chi connectivity index (χ4v) is 2.61. The number of rotatable bonds is 1. The van der Waals surface area contributed by atoms with E-state index in [-0.39, 0.29) is 5.41 Å². The van der Waals surface area contributed by atoms with Gasteiger partial charge in [-0.2, -0.15) is 0 Å². The number of nitrogens with zero attached hydrogens (tertiary/aromatic N) is 2. The van der Waals surface area contributed by atoms with Crippen LogP contribution in [0.1, 0.15) is 37.7 Å². The number of hydrogen-bond donors (Lipinski definition) is 0. The molecule has 4 heteroatoms. The summed E-state index contributed by atoms with van der Waals surface area (Å²) in [5.41, 5.74) is 4.01. The summed E-state index contributed by atoms with van der Waals surface area (Å²) in [6, 6.07) is 6.21. The molecular formula is C17H19ClN2O. The Morgan fingerprint density at radius 3 is 2.67 bits per heavy atom. The molecule has 0 radical (unpaired) electrons. The predicted molar refractivity (Wildman–Crippen MR) is 85.1 cm³/mol. The Morgan fingerprint density at radius 2 is 1.95 bits per heavy atom. The van der Waals surface area contributed by atoms with Gasteiger partial charge in [0.05, 0.1) is 12.3 Å². The molecule has 0 saturated heterocycles. The average Bonchev–Trinajstić information content (AvgIpc) is 2.87. The van der Waals surface area contributed by atoms with Gasteiger partial charge in [0.2, 0.25) is 0 Å². The predicted octanol–water partition coefficient (Wildman–Crippen LogP) is 4.34. The molecule has 0 spiro atoms. The zero-order valence-electron chi connectivity index (χ0n) is 12.8. The van der Waals surface area contributed by atoms with Crippen LogP contribution in [0.5, 0.6) is 5.75 Å². The van der Waals surface area contributed by atoms with Crippen LogP contribution < -0.4 is 4.74 Å². The maximum absolute atomic E-state index is 6.32. The Kier molecular flexibility index (Phi) is 3.40. The third kappa shape index (κ3) is 2.62. The lowest BCUT2D eigenvalue weighted by atomic mass is 9.95. The van der Waals surface area contributed by atoms with E-state index in [1.165, 1.54) is 5.56 Å². The van der Waals surface area contributed by atoms with Crippen molar-refractivity contribution in [2.75, 3.05) is 6.61 Å². The third-order valence-electron chi connectivity index (χ3n) is 3.72. The van der Waals surface area contributed by atoms with E-state index >= 15 is 0 Å². The van der Waals surface area contributed by atoms with Gasteiger partial charge in [-0.05, 0) is 30.7 Å². The molecule has 2 heterocycles. The van der Waals surface area contributed by atoms with Gasteiger partial charge in [0.1, 0.15) is 16.7 Å². The first-order chi connectivity index (χ1) is 9.86. The Labute approximate surface area is 130 Å². The number of fused-ring (bicyclic) bond motifs is 1. The number of ether oxygens (including phenoxy) is 1. The minimum atomic E-state index is -0.133. The van der Waals surface area contributed by atoms with Gasteiger partial charge in [-0.3, -0.25) is 0 Å². The summed E-state index contributed by atoms with van der Waals surface area (Å²) in [7, 11) is 0. The van der Waals surface area contributed by atoms with Gasteiger partial charge in [0.15, 0.2) is 0 Å². The fraction of sp³-hybridized carbons (Fsp3) is 0.412. The molecule has 0 saturated carbocycles. The SMILES string of the molecule is Cc1c(Cl)nc(C(C)(C)C)nc1-c1ccc2c(c1)CCO2. The van der Waals surface area contributed by atoms with Gasteiger partial charge < -0.3 is 4.74 Å². The van der Waals surface area contributed by atoms with Crippen LogP contribution in [0.3, 0.4) is 0 Å². The molecule has 1 aliphatic heterocycles. The molecule has 0 fully saturated rings. The van der Waals surface area contributed by atoms with Crippen LogP contribution in [-0.4, -0.2) is 16.6 Å². The van der Waals surface area contributed by atoms with Crippen LogP contribution in [0.15, 0.2) is 18.2 Å². The Morgan fingerprint density at radius 1 is 1.19 bits per heavy atom. The van der Waals surface area contributed by atoms with Crippen LogP contribution in [0.25, 0.3) is 11.3 Å². The number of hydrogen-bond acceptors (Lipinski definition) is 3. The third-order valence-corrected chi connectivity index (χ3v) is 4.09. The molecule has 0 aliphatic carbocycles. The van der Waals surface area contributed by atoms with Gasteiger partial charge in [0.25, 0.3) is 0 Å². The van der Waals surface area contributed by atoms with E-state index in [2.05, 4.69) is 31.8 Å².